The minimum Gasteiger partial charge on any atom is -0.491 e. The number of hydrogen-bond donors (Lipinski definition) is 2. The van der Waals surface area contributed by atoms with Crippen molar-refractivity contribution >= 4 is 17.7 Å². The molecule has 9 nitrogen and oxygen atoms in total. The van der Waals surface area contributed by atoms with Crippen molar-refractivity contribution in [3.8, 4) is 5.75 Å². The number of nitrogens with zero attached hydrogens (tertiary/aromatic N) is 3. The predicted octanol–water partition coefficient (Wildman–Crippen LogP) is 4.15. The summed E-state index contributed by atoms with van der Waals surface area (Å²) in [6.45, 7) is 1.86. The molecule has 14 heteroatoms. The molecule has 0 saturated carbocycles. The van der Waals surface area contributed by atoms with Crippen molar-refractivity contribution in [1.82, 2.24) is 14.7 Å². The number of anilines is 1. The van der Waals surface area contributed by atoms with E-state index in [0.717, 1.165) is 5.56 Å². The molecule has 1 aromatic heterocycles. The number of morpholine rings is 1. The molecule has 38 heavy (non-hydrogen) atoms. The van der Waals surface area contributed by atoms with E-state index in [9.17, 15) is 26.7 Å². The second kappa shape index (κ2) is 12.9. The Morgan fingerprint density at radius 1 is 1.13 bits per heavy atom. The van der Waals surface area contributed by atoms with Crippen LogP contribution < -0.4 is 10.1 Å². The highest BCUT2D eigenvalue weighted by Gasteiger charge is 2.38. The van der Waals surface area contributed by atoms with Gasteiger partial charge in [-0.15, -0.1) is 0 Å². The maximum atomic E-state index is 13.3. The van der Waals surface area contributed by atoms with Gasteiger partial charge in [0, 0.05) is 18.8 Å². The molecule has 204 valence electrons. The lowest BCUT2D eigenvalue weighted by Crippen LogP contribution is -2.49. The first-order valence-corrected chi connectivity index (χ1v) is 11.1. The van der Waals surface area contributed by atoms with Crippen LogP contribution >= 0.6 is 0 Å². The summed E-state index contributed by atoms with van der Waals surface area (Å²) in [5.74, 6) is -3.00. The minimum absolute atomic E-state index is 0.211. The van der Waals surface area contributed by atoms with E-state index < -0.39 is 12.1 Å². The first kappa shape index (κ1) is 28.4. The number of rotatable bonds is 6. The fourth-order valence-corrected chi connectivity index (χ4v) is 3.24. The monoisotopic (exact) mass is 542 g/mol. The quantitative estimate of drug-likeness (QED) is 0.454. The average Bonchev–Trinajstić information content (AvgIpc) is 3.31. The Morgan fingerprint density at radius 2 is 1.84 bits per heavy atom. The summed E-state index contributed by atoms with van der Waals surface area (Å²) in [4.78, 5) is 23.2. The van der Waals surface area contributed by atoms with Gasteiger partial charge in [0.25, 0.3) is 0 Å². The normalized spacial score (nSPS) is 15.3. The second-order valence-corrected chi connectivity index (χ2v) is 7.99. The number of halogens is 5. The van der Waals surface area contributed by atoms with Crippen LogP contribution in [-0.2, 0) is 16.1 Å². The molecule has 0 bridgehead atoms. The third-order valence-electron chi connectivity index (χ3n) is 5.04. The summed E-state index contributed by atoms with van der Waals surface area (Å²) in [7, 11) is 0. The number of alkyl halides is 3. The standard InChI is InChI=1S/C22H22F2N4O3.C2HF3O2/c23-17-6-4-16(5-7-17)12-28-13-19(11-25-28)26-22(29)27-8-9-30-21(14-27)15-31-20-3-1-2-18(24)10-20;3-2(4,5)1(6)7/h1-7,10-11,13,21H,8-9,12,14-15H2,(H,26,29);(H,6,7). The van der Waals surface area contributed by atoms with Crippen LogP contribution in [0.15, 0.2) is 60.9 Å². The van der Waals surface area contributed by atoms with Crippen LogP contribution in [0.4, 0.5) is 32.4 Å². The molecule has 2 amide bonds. The minimum atomic E-state index is -5.08. The Morgan fingerprint density at radius 3 is 2.50 bits per heavy atom. The molecule has 4 rings (SSSR count). The Bertz CT molecular complexity index is 1220. The van der Waals surface area contributed by atoms with E-state index in [1.165, 1.54) is 24.3 Å². The highest BCUT2D eigenvalue weighted by atomic mass is 19.4. The lowest BCUT2D eigenvalue weighted by molar-refractivity contribution is -0.192. The number of amides is 2. The number of carbonyl (C=O) groups excluding carboxylic acids is 1. The zero-order valence-corrected chi connectivity index (χ0v) is 19.7. The highest BCUT2D eigenvalue weighted by molar-refractivity contribution is 5.89. The zero-order valence-electron chi connectivity index (χ0n) is 19.7. The van der Waals surface area contributed by atoms with E-state index in [1.54, 1.807) is 46.2 Å². The number of urea groups is 1. The van der Waals surface area contributed by atoms with Crippen molar-refractivity contribution in [3.63, 3.8) is 0 Å². The van der Waals surface area contributed by atoms with E-state index >= 15 is 0 Å². The van der Waals surface area contributed by atoms with Gasteiger partial charge < -0.3 is 24.8 Å². The number of nitrogens with one attached hydrogen (secondary N) is 1. The second-order valence-electron chi connectivity index (χ2n) is 7.99. The van der Waals surface area contributed by atoms with Gasteiger partial charge in [-0.05, 0) is 29.8 Å². The van der Waals surface area contributed by atoms with Gasteiger partial charge in [0.15, 0.2) is 0 Å². The van der Waals surface area contributed by atoms with Crippen LogP contribution in [0.25, 0.3) is 0 Å². The number of hydrogen-bond acceptors (Lipinski definition) is 5. The fraction of sp³-hybridized carbons (Fsp3) is 0.292. The number of benzene rings is 2. The van der Waals surface area contributed by atoms with E-state index in [4.69, 9.17) is 19.4 Å². The Labute approximate surface area is 213 Å². The number of carbonyl (C=O) groups is 2. The molecule has 1 aliphatic rings. The van der Waals surface area contributed by atoms with Gasteiger partial charge in [0.2, 0.25) is 0 Å². The molecule has 0 radical (unpaired) electrons. The number of ether oxygens (including phenoxy) is 2. The first-order chi connectivity index (χ1) is 18.0. The topological polar surface area (TPSA) is 106 Å². The van der Waals surface area contributed by atoms with Crippen LogP contribution in [-0.4, -0.2) is 70.4 Å². The van der Waals surface area contributed by atoms with E-state index in [-0.39, 0.29) is 30.4 Å². The van der Waals surface area contributed by atoms with Gasteiger partial charge in [-0.1, -0.05) is 18.2 Å². The predicted molar refractivity (Wildman–Crippen MR) is 124 cm³/mol. The van der Waals surface area contributed by atoms with Gasteiger partial charge >= 0.3 is 18.2 Å². The summed E-state index contributed by atoms with van der Waals surface area (Å²) in [6, 6.07) is 11.8. The molecule has 3 aromatic rings. The summed E-state index contributed by atoms with van der Waals surface area (Å²) >= 11 is 0. The van der Waals surface area contributed by atoms with Crippen molar-refractivity contribution in [3.05, 3.63) is 78.1 Å². The number of carboxylic acid groups (broad SMARTS) is 1. The molecule has 2 N–H and O–H groups in total. The smallest absolute Gasteiger partial charge is 0.490 e. The molecule has 1 aliphatic heterocycles. The largest absolute Gasteiger partial charge is 0.491 e. The number of aliphatic carboxylic acids is 1. The van der Waals surface area contributed by atoms with E-state index in [2.05, 4.69) is 10.4 Å². The zero-order chi connectivity index (χ0) is 27.7. The Balaban J connectivity index is 0.000000505. The Hall–Kier alpha value is -4.20. The molecule has 0 spiro atoms. The van der Waals surface area contributed by atoms with Crippen LogP contribution in [0, 0.1) is 11.6 Å². The molecule has 1 atom stereocenters. The molecule has 1 fully saturated rings. The van der Waals surface area contributed by atoms with Crippen molar-refractivity contribution < 1.29 is 46.1 Å². The van der Waals surface area contributed by atoms with Gasteiger partial charge in [-0.25, -0.2) is 18.4 Å². The fourth-order valence-electron chi connectivity index (χ4n) is 3.24. The van der Waals surface area contributed by atoms with Gasteiger partial charge in [-0.2, -0.15) is 18.3 Å². The summed E-state index contributed by atoms with van der Waals surface area (Å²) in [5, 5.41) is 14.2. The third-order valence-corrected chi connectivity index (χ3v) is 5.04. The molecule has 0 aliphatic carbocycles. The SMILES string of the molecule is O=C(Nc1cnn(Cc2ccc(F)cc2)c1)N1CCOC(COc2cccc(F)c2)C1.O=C(O)C(F)(F)F. The van der Waals surface area contributed by atoms with Gasteiger partial charge in [0.05, 0.1) is 31.6 Å². The lowest BCUT2D eigenvalue weighted by Gasteiger charge is -2.32. The van der Waals surface area contributed by atoms with Crippen molar-refractivity contribution in [2.75, 3.05) is 31.6 Å². The first-order valence-electron chi connectivity index (χ1n) is 11.1. The maximum Gasteiger partial charge on any atom is 0.490 e. The molecule has 2 aromatic carbocycles. The average molecular weight is 542 g/mol. The van der Waals surface area contributed by atoms with Gasteiger partial charge in [0.1, 0.15) is 30.1 Å². The van der Waals surface area contributed by atoms with Crippen LogP contribution in [0.2, 0.25) is 0 Å². The lowest BCUT2D eigenvalue weighted by atomic mass is 10.2. The molecular weight excluding hydrogens is 519 g/mol. The summed E-state index contributed by atoms with van der Waals surface area (Å²) in [6.07, 6.45) is -2.12. The molecule has 1 saturated heterocycles. The number of carboxylic acids is 1. The van der Waals surface area contributed by atoms with Crippen LogP contribution in [0.1, 0.15) is 5.56 Å². The van der Waals surface area contributed by atoms with Gasteiger partial charge in [-0.3, -0.25) is 4.68 Å². The maximum absolute atomic E-state index is 13.3. The summed E-state index contributed by atoms with van der Waals surface area (Å²) < 4.78 is 70.9. The Kier molecular flexibility index (Phi) is 9.60. The van der Waals surface area contributed by atoms with Crippen molar-refractivity contribution in [2.24, 2.45) is 0 Å². The van der Waals surface area contributed by atoms with Crippen LogP contribution in [0.5, 0.6) is 5.75 Å². The van der Waals surface area contributed by atoms with E-state index in [1.807, 2.05) is 0 Å². The van der Waals surface area contributed by atoms with Crippen molar-refractivity contribution in [1.29, 1.82) is 0 Å². The molecular formula is C24H23F5N4O5. The summed E-state index contributed by atoms with van der Waals surface area (Å²) in [5.41, 5.74) is 1.46. The molecule has 1 unspecified atom stereocenters. The van der Waals surface area contributed by atoms with Crippen molar-refractivity contribution in [2.45, 2.75) is 18.8 Å². The van der Waals surface area contributed by atoms with Crippen LogP contribution in [0.3, 0.4) is 0 Å². The third kappa shape index (κ3) is 9.03. The molecule has 2 heterocycles. The number of aromatic nitrogens is 2. The highest BCUT2D eigenvalue weighted by Crippen LogP contribution is 2.16. The van der Waals surface area contributed by atoms with E-state index in [0.29, 0.717) is 37.7 Å².